The van der Waals surface area contributed by atoms with E-state index >= 15 is 0 Å². The van der Waals surface area contributed by atoms with Crippen molar-refractivity contribution in [3.05, 3.63) is 11.6 Å². The summed E-state index contributed by atoms with van der Waals surface area (Å²) in [6.45, 7) is 10.3. The Morgan fingerprint density at radius 1 is 1.24 bits per heavy atom. The average molecular weight is 240 g/mol. The number of hydrogen-bond acceptors (Lipinski definition) is 2. The van der Waals surface area contributed by atoms with Gasteiger partial charge in [-0.15, -0.1) is 0 Å². The van der Waals surface area contributed by atoms with E-state index in [0.29, 0.717) is 11.6 Å². The molecule has 0 heterocycles. The number of rotatable bonds is 9. The maximum absolute atomic E-state index is 11.1. The van der Waals surface area contributed by atoms with E-state index in [1.165, 1.54) is 19.3 Å². The fourth-order valence-corrected chi connectivity index (χ4v) is 2.04. The third-order valence-corrected chi connectivity index (χ3v) is 3.22. The summed E-state index contributed by atoms with van der Waals surface area (Å²) in [5.41, 5.74) is 5.98. The molecule has 3 heteroatoms. The van der Waals surface area contributed by atoms with Crippen molar-refractivity contribution in [2.75, 3.05) is 13.1 Å². The smallest absolute Gasteiger partial charge is 0.244 e. The van der Waals surface area contributed by atoms with Crippen molar-refractivity contribution >= 4 is 5.91 Å². The molecule has 0 aliphatic rings. The molecule has 17 heavy (non-hydrogen) atoms. The Labute approximate surface area is 106 Å². The molecular formula is C14H28N2O. The van der Waals surface area contributed by atoms with Crippen LogP contribution in [0.25, 0.3) is 0 Å². The van der Waals surface area contributed by atoms with E-state index in [0.717, 1.165) is 19.5 Å². The average Bonchev–Trinajstić information content (AvgIpc) is 2.30. The summed E-state index contributed by atoms with van der Waals surface area (Å²) >= 11 is 0. The first kappa shape index (κ1) is 16.2. The Morgan fingerprint density at radius 2 is 1.82 bits per heavy atom. The third-order valence-electron chi connectivity index (χ3n) is 3.22. The standard InChI is InChI=1S/C14H28N2O/c1-5-8-9-10-13(16(6-2)7-3)11-12(4)14(15)17/h11,13H,5-10H2,1-4H3,(H2,15,17)/b12-11+. The minimum absolute atomic E-state index is 0.308. The van der Waals surface area contributed by atoms with E-state index in [-0.39, 0.29) is 5.91 Å². The molecule has 0 aliphatic carbocycles. The highest BCUT2D eigenvalue weighted by Gasteiger charge is 2.13. The lowest BCUT2D eigenvalue weighted by molar-refractivity contribution is -0.114. The van der Waals surface area contributed by atoms with Gasteiger partial charge in [0.05, 0.1) is 0 Å². The summed E-state index contributed by atoms with van der Waals surface area (Å²) in [4.78, 5) is 13.5. The maximum Gasteiger partial charge on any atom is 0.244 e. The van der Waals surface area contributed by atoms with Gasteiger partial charge >= 0.3 is 0 Å². The van der Waals surface area contributed by atoms with Crippen LogP contribution in [-0.2, 0) is 4.79 Å². The van der Waals surface area contributed by atoms with Crippen molar-refractivity contribution in [2.45, 2.75) is 59.4 Å². The molecule has 0 aliphatic heterocycles. The van der Waals surface area contributed by atoms with Crippen molar-refractivity contribution in [2.24, 2.45) is 5.73 Å². The van der Waals surface area contributed by atoms with Gasteiger partial charge in [-0.3, -0.25) is 9.69 Å². The van der Waals surface area contributed by atoms with Crippen LogP contribution < -0.4 is 5.73 Å². The number of hydrogen-bond donors (Lipinski definition) is 1. The second-order valence-corrected chi connectivity index (χ2v) is 4.50. The van der Waals surface area contributed by atoms with Gasteiger partial charge in [0, 0.05) is 11.6 Å². The molecule has 0 rings (SSSR count). The van der Waals surface area contributed by atoms with Gasteiger partial charge in [-0.25, -0.2) is 0 Å². The molecule has 0 saturated carbocycles. The normalized spacial score (nSPS) is 14.1. The number of carbonyl (C=O) groups excluding carboxylic acids is 1. The van der Waals surface area contributed by atoms with Gasteiger partial charge in [-0.1, -0.05) is 46.1 Å². The molecule has 2 N–H and O–H groups in total. The van der Waals surface area contributed by atoms with Gasteiger partial charge in [-0.2, -0.15) is 0 Å². The zero-order valence-electron chi connectivity index (χ0n) is 11.8. The van der Waals surface area contributed by atoms with Gasteiger partial charge in [0.25, 0.3) is 0 Å². The van der Waals surface area contributed by atoms with E-state index in [4.69, 9.17) is 5.73 Å². The quantitative estimate of drug-likeness (QED) is 0.497. The van der Waals surface area contributed by atoms with Gasteiger partial charge in [0.2, 0.25) is 5.91 Å². The Bertz CT molecular complexity index is 245. The van der Waals surface area contributed by atoms with Crippen molar-refractivity contribution in [1.29, 1.82) is 0 Å². The van der Waals surface area contributed by atoms with Crippen LogP contribution in [0.3, 0.4) is 0 Å². The van der Waals surface area contributed by atoms with E-state index in [1.54, 1.807) is 6.92 Å². The van der Waals surface area contributed by atoms with Crippen LogP contribution in [-0.4, -0.2) is 29.9 Å². The monoisotopic (exact) mass is 240 g/mol. The lowest BCUT2D eigenvalue weighted by atomic mass is 10.0. The van der Waals surface area contributed by atoms with Crippen LogP contribution in [0.2, 0.25) is 0 Å². The SMILES string of the molecule is CCCCCC(/C=C(\C)C(N)=O)N(CC)CC. The fraction of sp³-hybridized carbons (Fsp3) is 0.786. The topological polar surface area (TPSA) is 46.3 Å². The second-order valence-electron chi connectivity index (χ2n) is 4.50. The summed E-state index contributed by atoms with van der Waals surface area (Å²) in [6.07, 6.45) is 6.83. The van der Waals surface area contributed by atoms with Crippen molar-refractivity contribution < 1.29 is 4.79 Å². The van der Waals surface area contributed by atoms with Crippen LogP contribution >= 0.6 is 0 Å². The predicted molar refractivity (Wildman–Crippen MR) is 73.8 cm³/mol. The number of primary amides is 1. The number of amides is 1. The van der Waals surface area contributed by atoms with Gasteiger partial charge in [0.1, 0.15) is 0 Å². The number of likely N-dealkylation sites (N-methyl/N-ethyl adjacent to an activating group) is 1. The minimum atomic E-state index is -0.308. The first-order chi connectivity index (χ1) is 8.06. The summed E-state index contributed by atoms with van der Waals surface area (Å²) in [7, 11) is 0. The largest absolute Gasteiger partial charge is 0.366 e. The highest BCUT2D eigenvalue weighted by Crippen LogP contribution is 2.13. The maximum atomic E-state index is 11.1. The highest BCUT2D eigenvalue weighted by molar-refractivity contribution is 5.91. The molecule has 1 unspecified atom stereocenters. The Balaban J connectivity index is 4.59. The van der Waals surface area contributed by atoms with Crippen LogP contribution in [0.5, 0.6) is 0 Å². The molecule has 1 amide bonds. The molecule has 100 valence electrons. The van der Waals surface area contributed by atoms with Gasteiger partial charge in [-0.05, 0) is 26.4 Å². The van der Waals surface area contributed by atoms with E-state index in [1.807, 2.05) is 6.08 Å². The molecule has 0 aromatic carbocycles. The summed E-state index contributed by atoms with van der Waals surface area (Å²) < 4.78 is 0. The van der Waals surface area contributed by atoms with Crippen molar-refractivity contribution in [3.8, 4) is 0 Å². The minimum Gasteiger partial charge on any atom is -0.366 e. The number of unbranched alkanes of at least 4 members (excludes halogenated alkanes) is 2. The Kier molecular flexibility index (Phi) is 8.78. The number of carbonyl (C=O) groups is 1. The molecule has 0 saturated heterocycles. The summed E-state index contributed by atoms with van der Waals surface area (Å²) in [5, 5.41) is 0. The molecule has 0 aromatic rings. The van der Waals surface area contributed by atoms with E-state index in [9.17, 15) is 4.79 Å². The molecule has 0 bridgehead atoms. The molecular weight excluding hydrogens is 212 g/mol. The molecule has 0 fully saturated rings. The molecule has 1 atom stereocenters. The van der Waals surface area contributed by atoms with Gasteiger partial charge in [0.15, 0.2) is 0 Å². The van der Waals surface area contributed by atoms with E-state index < -0.39 is 0 Å². The first-order valence-electron chi connectivity index (χ1n) is 6.79. The Morgan fingerprint density at radius 3 is 2.24 bits per heavy atom. The lowest BCUT2D eigenvalue weighted by Crippen LogP contribution is -2.34. The Hall–Kier alpha value is -0.830. The fourth-order valence-electron chi connectivity index (χ4n) is 2.04. The van der Waals surface area contributed by atoms with Crippen molar-refractivity contribution in [1.82, 2.24) is 4.90 Å². The number of nitrogens with zero attached hydrogens (tertiary/aromatic N) is 1. The van der Waals surface area contributed by atoms with Crippen LogP contribution in [0.1, 0.15) is 53.4 Å². The predicted octanol–water partition coefficient (Wildman–Crippen LogP) is 2.71. The van der Waals surface area contributed by atoms with Crippen LogP contribution in [0, 0.1) is 0 Å². The zero-order chi connectivity index (χ0) is 13.3. The highest BCUT2D eigenvalue weighted by atomic mass is 16.1. The van der Waals surface area contributed by atoms with Crippen LogP contribution in [0.15, 0.2) is 11.6 Å². The van der Waals surface area contributed by atoms with Crippen molar-refractivity contribution in [3.63, 3.8) is 0 Å². The van der Waals surface area contributed by atoms with Crippen LogP contribution in [0.4, 0.5) is 0 Å². The molecule has 0 aromatic heterocycles. The van der Waals surface area contributed by atoms with Gasteiger partial charge < -0.3 is 5.73 Å². The second kappa shape index (κ2) is 9.23. The summed E-state index contributed by atoms with van der Waals surface area (Å²) in [5.74, 6) is -0.308. The third kappa shape index (κ3) is 6.47. The number of nitrogens with two attached hydrogens (primary N) is 1. The first-order valence-corrected chi connectivity index (χ1v) is 6.79. The molecule has 0 spiro atoms. The molecule has 3 nitrogen and oxygen atoms in total. The summed E-state index contributed by atoms with van der Waals surface area (Å²) in [6, 6.07) is 0.351. The van der Waals surface area contributed by atoms with E-state index in [2.05, 4.69) is 25.7 Å². The molecule has 0 radical (unpaired) electrons. The lowest BCUT2D eigenvalue weighted by Gasteiger charge is -2.27. The zero-order valence-corrected chi connectivity index (χ0v) is 11.8.